The first-order valence-electron chi connectivity index (χ1n) is 5.26. The molecule has 0 amide bonds. The highest BCUT2D eigenvalue weighted by Gasteiger charge is 2.14. The third-order valence-corrected chi connectivity index (χ3v) is 2.28. The lowest BCUT2D eigenvalue weighted by atomic mass is 10.3. The Morgan fingerprint density at radius 3 is 2.94 bits per heavy atom. The van der Waals surface area contributed by atoms with E-state index in [2.05, 4.69) is 20.3 Å². The lowest BCUT2D eigenvalue weighted by molar-refractivity contribution is -0.384. The Bertz CT molecular complexity index is 559. The van der Waals surface area contributed by atoms with Gasteiger partial charge in [-0.1, -0.05) is 0 Å². The highest BCUT2D eigenvalue weighted by atomic mass is 16.6. The van der Waals surface area contributed by atoms with Gasteiger partial charge in [0.1, 0.15) is 6.33 Å². The van der Waals surface area contributed by atoms with Crippen molar-refractivity contribution in [3.05, 3.63) is 52.2 Å². The molecule has 0 atom stereocenters. The van der Waals surface area contributed by atoms with Crippen LogP contribution in [0, 0.1) is 17.0 Å². The fourth-order valence-corrected chi connectivity index (χ4v) is 1.43. The van der Waals surface area contributed by atoms with Crippen molar-refractivity contribution in [2.75, 3.05) is 5.32 Å². The summed E-state index contributed by atoms with van der Waals surface area (Å²) in [7, 11) is 0. The molecule has 18 heavy (non-hydrogen) atoms. The van der Waals surface area contributed by atoms with E-state index in [4.69, 9.17) is 0 Å². The number of nitrogens with one attached hydrogen (secondary N) is 1. The zero-order chi connectivity index (χ0) is 13.0. The largest absolute Gasteiger partial charge is 0.359 e. The van der Waals surface area contributed by atoms with E-state index in [0.29, 0.717) is 6.54 Å². The Morgan fingerprint density at radius 1 is 1.44 bits per heavy atom. The summed E-state index contributed by atoms with van der Waals surface area (Å²) in [5, 5.41) is 13.8. The molecule has 0 fully saturated rings. The van der Waals surface area contributed by atoms with Crippen molar-refractivity contribution in [2.24, 2.45) is 0 Å². The van der Waals surface area contributed by atoms with E-state index in [-0.39, 0.29) is 11.5 Å². The molecular formula is C11H11N5O2. The summed E-state index contributed by atoms with van der Waals surface area (Å²) in [6.45, 7) is 2.12. The first kappa shape index (κ1) is 11.9. The van der Waals surface area contributed by atoms with E-state index in [0.717, 1.165) is 11.3 Å². The van der Waals surface area contributed by atoms with Crippen LogP contribution in [0.4, 0.5) is 11.5 Å². The van der Waals surface area contributed by atoms with Gasteiger partial charge in [0.15, 0.2) is 0 Å². The topological polar surface area (TPSA) is 93.8 Å². The van der Waals surface area contributed by atoms with Crippen molar-refractivity contribution in [1.29, 1.82) is 0 Å². The summed E-state index contributed by atoms with van der Waals surface area (Å²) in [6.07, 6.45) is 4.62. The quantitative estimate of drug-likeness (QED) is 0.650. The lowest BCUT2D eigenvalue weighted by Crippen LogP contribution is -2.06. The fraction of sp³-hybridized carbons (Fsp3) is 0.182. The maximum atomic E-state index is 10.9. The first-order valence-corrected chi connectivity index (χ1v) is 5.26. The molecule has 2 aromatic rings. The summed E-state index contributed by atoms with van der Waals surface area (Å²) >= 11 is 0. The third kappa shape index (κ3) is 2.76. The molecule has 0 radical (unpaired) electrons. The van der Waals surface area contributed by atoms with Crippen LogP contribution in [-0.2, 0) is 6.54 Å². The summed E-state index contributed by atoms with van der Waals surface area (Å²) in [5.41, 5.74) is 1.44. The van der Waals surface area contributed by atoms with Crippen molar-refractivity contribution in [3.8, 4) is 0 Å². The molecule has 0 aliphatic heterocycles. The van der Waals surface area contributed by atoms with Gasteiger partial charge in [0.05, 0.1) is 17.2 Å². The second-order valence-corrected chi connectivity index (χ2v) is 3.69. The molecule has 2 heterocycles. The number of rotatable bonds is 4. The molecule has 2 rings (SSSR count). The Hall–Kier alpha value is -2.57. The SMILES string of the molecule is Cc1cnc(NCc2ccncn2)c([N+](=O)[O-])c1. The smallest absolute Gasteiger partial charge is 0.311 e. The molecule has 0 aromatic carbocycles. The van der Waals surface area contributed by atoms with E-state index in [1.807, 2.05) is 0 Å². The van der Waals surface area contributed by atoms with E-state index in [9.17, 15) is 10.1 Å². The van der Waals surface area contributed by atoms with Gasteiger partial charge in [-0.25, -0.2) is 15.0 Å². The summed E-state index contributed by atoms with van der Waals surface area (Å²) in [6, 6.07) is 3.21. The zero-order valence-corrected chi connectivity index (χ0v) is 9.70. The predicted octanol–water partition coefficient (Wildman–Crippen LogP) is 1.70. The number of nitrogens with zero attached hydrogens (tertiary/aromatic N) is 4. The van der Waals surface area contributed by atoms with Crippen molar-refractivity contribution >= 4 is 11.5 Å². The van der Waals surface area contributed by atoms with Crippen molar-refractivity contribution in [3.63, 3.8) is 0 Å². The number of aromatic nitrogens is 3. The van der Waals surface area contributed by atoms with Crippen LogP contribution in [0.15, 0.2) is 30.9 Å². The van der Waals surface area contributed by atoms with Gasteiger partial charge in [-0.2, -0.15) is 0 Å². The number of aryl methyl sites for hydroxylation is 1. The van der Waals surface area contributed by atoms with E-state index < -0.39 is 4.92 Å². The molecule has 1 N–H and O–H groups in total. The van der Waals surface area contributed by atoms with Crippen molar-refractivity contribution in [1.82, 2.24) is 15.0 Å². The number of hydrogen-bond acceptors (Lipinski definition) is 6. The van der Waals surface area contributed by atoms with Crippen LogP contribution >= 0.6 is 0 Å². The van der Waals surface area contributed by atoms with Gasteiger partial charge in [-0.3, -0.25) is 10.1 Å². The maximum Gasteiger partial charge on any atom is 0.311 e. The number of nitro groups is 1. The molecule has 0 bridgehead atoms. The minimum absolute atomic E-state index is 0.0379. The van der Waals surface area contributed by atoms with Gasteiger partial charge in [-0.15, -0.1) is 0 Å². The third-order valence-electron chi connectivity index (χ3n) is 2.28. The van der Waals surface area contributed by atoms with E-state index in [1.165, 1.54) is 12.4 Å². The molecule has 2 aromatic heterocycles. The van der Waals surface area contributed by atoms with Crippen LogP contribution in [0.1, 0.15) is 11.3 Å². The van der Waals surface area contributed by atoms with Crippen LogP contribution in [0.3, 0.4) is 0 Å². The summed E-state index contributed by atoms with van der Waals surface area (Å²) < 4.78 is 0. The second-order valence-electron chi connectivity index (χ2n) is 3.69. The Balaban J connectivity index is 2.17. The monoisotopic (exact) mass is 245 g/mol. The number of pyridine rings is 1. The van der Waals surface area contributed by atoms with Crippen LogP contribution in [-0.4, -0.2) is 19.9 Å². The molecule has 0 spiro atoms. The molecule has 0 saturated heterocycles. The lowest BCUT2D eigenvalue weighted by Gasteiger charge is -2.05. The minimum Gasteiger partial charge on any atom is -0.359 e. The number of hydrogen-bond donors (Lipinski definition) is 1. The Kier molecular flexibility index (Phi) is 3.42. The van der Waals surface area contributed by atoms with Gasteiger partial charge in [0.25, 0.3) is 0 Å². The van der Waals surface area contributed by atoms with Gasteiger partial charge in [-0.05, 0) is 18.6 Å². The molecule has 0 saturated carbocycles. The molecule has 0 unspecified atom stereocenters. The molecule has 0 aliphatic carbocycles. The minimum atomic E-state index is -0.456. The molecule has 7 nitrogen and oxygen atoms in total. The van der Waals surface area contributed by atoms with Gasteiger partial charge >= 0.3 is 5.69 Å². The predicted molar refractivity (Wildman–Crippen MR) is 65.0 cm³/mol. The summed E-state index contributed by atoms with van der Waals surface area (Å²) in [4.78, 5) is 22.3. The highest BCUT2D eigenvalue weighted by molar-refractivity contribution is 5.56. The van der Waals surface area contributed by atoms with Crippen LogP contribution in [0.5, 0.6) is 0 Å². The molecule has 7 heteroatoms. The molecule has 92 valence electrons. The van der Waals surface area contributed by atoms with E-state index >= 15 is 0 Å². The highest BCUT2D eigenvalue weighted by Crippen LogP contribution is 2.22. The molecule has 0 aliphatic rings. The molecular weight excluding hydrogens is 234 g/mol. The van der Waals surface area contributed by atoms with Crippen molar-refractivity contribution < 1.29 is 4.92 Å². The van der Waals surface area contributed by atoms with Crippen LogP contribution in [0.2, 0.25) is 0 Å². The first-order chi connectivity index (χ1) is 8.66. The van der Waals surface area contributed by atoms with Gasteiger partial charge in [0, 0.05) is 18.5 Å². The second kappa shape index (κ2) is 5.17. The van der Waals surface area contributed by atoms with Crippen molar-refractivity contribution in [2.45, 2.75) is 13.5 Å². The Labute approximate surface area is 103 Å². The zero-order valence-electron chi connectivity index (χ0n) is 9.70. The average Bonchev–Trinajstić information content (AvgIpc) is 2.38. The van der Waals surface area contributed by atoms with Crippen LogP contribution < -0.4 is 5.32 Å². The average molecular weight is 245 g/mol. The van der Waals surface area contributed by atoms with Crippen LogP contribution in [0.25, 0.3) is 0 Å². The van der Waals surface area contributed by atoms with E-state index in [1.54, 1.807) is 25.4 Å². The normalized spacial score (nSPS) is 10.1. The Morgan fingerprint density at radius 2 is 2.28 bits per heavy atom. The van der Waals surface area contributed by atoms with Gasteiger partial charge in [0.2, 0.25) is 5.82 Å². The fourth-order valence-electron chi connectivity index (χ4n) is 1.43. The standard InChI is InChI=1S/C11H11N5O2/c1-8-4-10(16(17)18)11(13-5-8)14-6-9-2-3-12-7-15-9/h2-5,7H,6H2,1H3,(H,13,14). The maximum absolute atomic E-state index is 10.9. The summed E-state index contributed by atoms with van der Waals surface area (Å²) in [5.74, 6) is 0.240. The number of anilines is 1. The van der Waals surface area contributed by atoms with Gasteiger partial charge < -0.3 is 5.32 Å².